The molecule has 0 aliphatic rings. The van der Waals surface area contributed by atoms with Crippen molar-refractivity contribution in [2.24, 2.45) is 0 Å². The van der Waals surface area contributed by atoms with Crippen LogP contribution in [0.3, 0.4) is 0 Å². The molecule has 0 amide bonds. The van der Waals surface area contributed by atoms with Gasteiger partial charge in [0.05, 0.1) is 5.56 Å². The van der Waals surface area contributed by atoms with Crippen LogP contribution in [0.2, 0.25) is 0 Å². The van der Waals surface area contributed by atoms with Crippen LogP contribution in [-0.4, -0.2) is 5.78 Å². The summed E-state index contributed by atoms with van der Waals surface area (Å²) in [6, 6.07) is 7.85. The fourth-order valence-electron chi connectivity index (χ4n) is 1.64. The van der Waals surface area contributed by atoms with Gasteiger partial charge in [-0.05, 0) is 59.3 Å². The second-order valence-corrected chi connectivity index (χ2v) is 6.11. The third-order valence-corrected chi connectivity index (χ3v) is 4.06. The van der Waals surface area contributed by atoms with E-state index in [1.165, 1.54) is 19.1 Å². The molecule has 0 aliphatic heterocycles. The number of aryl methyl sites for hydroxylation is 1. The maximum Gasteiger partial charge on any atom is 0.197 e. The van der Waals surface area contributed by atoms with Crippen molar-refractivity contribution in [3.63, 3.8) is 0 Å². The molecule has 0 unspecified atom stereocenters. The van der Waals surface area contributed by atoms with E-state index in [2.05, 4.69) is 38.5 Å². The van der Waals surface area contributed by atoms with Gasteiger partial charge in [-0.1, -0.05) is 22.0 Å². The Balaban J connectivity index is 2.56. The van der Waals surface area contributed by atoms with Crippen LogP contribution in [0.4, 0.5) is 8.78 Å². The number of rotatable bonds is 2. The maximum absolute atomic E-state index is 13.8. The van der Waals surface area contributed by atoms with Gasteiger partial charge in [-0.25, -0.2) is 8.78 Å². The van der Waals surface area contributed by atoms with Gasteiger partial charge < -0.3 is 0 Å². The summed E-state index contributed by atoms with van der Waals surface area (Å²) < 4.78 is 28.7. The average molecular weight is 437 g/mol. The first-order chi connectivity index (χ1) is 8.91. The van der Waals surface area contributed by atoms with E-state index in [4.69, 9.17) is 0 Å². The molecule has 1 nitrogen and oxygen atoms in total. The summed E-state index contributed by atoms with van der Waals surface area (Å²) in [6.07, 6.45) is 0. The Hall–Kier alpha value is -0.820. The van der Waals surface area contributed by atoms with Gasteiger partial charge in [-0.15, -0.1) is 0 Å². The van der Waals surface area contributed by atoms with Crippen molar-refractivity contribution in [3.8, 4) is 0 Å². The second-order valence-electron chi connectivity index (χ2n) is 4.01. The van der Waals surface area contributed by atoms with E-state index in [1.54, 1.807) is 12.1 Å². The SMILES string of the molecule is Cc1ccc(C(=O)c2cc(I)ccc2Br)c(F)c1F. The zero-order valence-corrected chi connectivity index (χ0v) is 13.6. The van der Waals surface area contributed by atoms with Crippen LogP contribution in [0, 0.1) is 22.1 Å². The highest BCUT2D eigenvalue weighted by atomic mass is 127. The monoisotopic (exact) mass is 436 g/mol. The van der Waals surface area contributed by atoms with Crippen molar-refractivity contribution in [2.45, 2.75) is 6.92 Å². The van der Waals surface area contributed by atoms with Gasteiger partial charge in [-0.3, -0.25) is 4.79 Å². The summed E-state index contributed by atoms with van der Waals surface area (Å²) in [6.45, 7) is 1.45. The van der Waals surface area contributed by atoms with Crippen molar-refractivity contribution in [1.29, 1.82) is 0 Å². The number of benzene rings is 2. The van der Waals surface area contributed by atoms with E-state index in [-0.39, 0.29) is 11.1 Å². The highest BCUT2D eigenvalue weighted by molar-refractivity contribution is 14.1. The molecule has 0 saturated heterocycles. The molecule has 0 saturated carbocycles. The van der Waals surface area contributed by atoms with E-state index in [0.29, 0.717) is 10.0 Å². The first-order valence-corrected chi connectivity index (χ1v) is 7.23. The minimum absolute atomic E-state index is 0.177. The molecule has 2 rings (SSSR count). The molecule has 19 heavy (non-hydrogen) atoms. The van der Waals surface area contributed by atoms with Crippen LogP contribution in [0.5, 0.6) is 0 Å². The van der Waals surface area contributed by atoms with E-state index >= 15 is 0 Å². The predicted molar refractivity (Wildman–Crippen MR) is 81.4 cm³/mol. The lowest BCUT2D eigenvalue weighted by Crippen LogP contribution is -2.08. The van der Waals surface area contributed by atoms with Crippen LogP contribution in [-0.2, 0) is 0 Å². The zero-order chi connectivity index (χ0) is 14.2. The smallest absolute Gasteiger partial charge is 0.197 e. The van der Waals surface area contributed by atoms with Gasteiger partial charge in [0, 0.05) is 13.6 Å². The summed E-state index contributed by atoms with van der Waals surface area (Å²) >= 11 is 5.30. The summed E-state index contributed by atoms with van der Waals surface area (Å²) in [5, 5.41) is 0. The first kappa shape index (κ1) is 14.6. The molecule has 0 aromatic heterocycles. The van der Waals surface area contributed by atoms with Crippen molar-refractivity contribution in [3.05, 3.63) is 66.7 Å². The second kappa shape index (κ2) is 5.66. The van der Waals surface area contributed by atoms with Crippen molar-refractivity contribution >= 4 is 44.3 Å². The first-order valence-electron chi connectivity index (χ1n) is 5.36. The van der Waals surface area contributed by atoms with E-state index < -0.39 is 17.4 Å². The average Bonchev–Trinajstić information content (AvgIpc) is 2.38. The largest absolute Gasteiger partial charge is 0.288 e. The normalized spacial score (nSPS) is 10.6. The molecule has 0 heterocycles. The summed E-state index contributed by atoms with van der Waals surface area (Å²) in [5.74, 6) is -2.62. The summed E-state index contributed by atoms with van der Waals surface area (Å²) in [4.78, 5) is 12.3. The lowest BCUT2D eigenvalue weighted by molar-refractivity contribution is 0.103. The number of hydrogen-bond donors (Lipinski definition) is 0. The fourth-order valence-corrected chi connectivity index (χ4v) is 2.56. The summed E-state index contributed by atoms with van der Waals surface area (Å²) in [5.41, 5.74) is 0.232. The van der Waals surface area contributed by atoms with Gasteiger partial charge in [0.15, 0.2) is 17.4 Å². The Kier molecular flexibility index (Phi) is 4.35. The Morgan fingerprint density at radius 2 is 1.79 bits per heavy atom. The van der Waals surface area contributed by atoms with Crippen molar-refractivity contribution in [1.82, 2.24) is 0 Å². The zero-order valence-electron chi connectivity index (χ0n) is 9.81. The van der Waals surface area contributed by atoms with Gasteiger partial charge >= 0.3 is 0 Å². The molecule has 0 fully saturated rings. The molecule has 98 valence electrons. The van der Waals surface area contributed by atoms with Crippen LogP contribution in [0.25, 0.3) is 0 Å². The number of carbonyl (C=O) groups is 1. The Morgan fingerprint density at radius 3 is 2.47 bits per heavy atom. The van der Waals surface area contributed by atoms with E-state index in [1.807, 2.05) is 6.07 Å². The van der Waals surface area contributed by atoms with Gasteiger partial charge in [-0.2, -0.15) is 0 Å². The third kappa shape index (κ3) is 2.86. The molecule has 0 spiro atoms. The van der Waals surface area contributed by atoms with Crippen LogP contribution in [0.15, 0.2) is 34.8 Å². The maximum atomic E-state index is 13.8. The number of hydrogen-bond acceptors (Lipinski definition) is 1. The quantitative estimate of drug-likeness (QED) is 0.484. The Morgan fingerprint density at radius 1 is 1.11 bits per heavy atom. The standard InChI is InChI=1S/C14H8BrF2IO/c1-7-2-4-9(13(17)12(7)16)14(19)10-6-8(18)3-5-11(10)15/h2-6H,1H3. The highest BCUT2D eigenvalue weighted by Crippen LogP contribution is 2.25. The van der Waals surface area contributed by atoms with Gasteiger partial charge in [0.1, 0.15) is 0 Å². The van der Waals surface area contributed by atoms with Crippen molar-refractivity contribution in [2.75, 3.05) is 0 Å². The lowest BCUT2D eigenvalue weighted by Gasteiger charge is -2.07. The molecule has 5 heteroatoms. The molecule has 0 aliphatic carbocycles. The number of carbonyl (C=O) groups excluding carboxylic acids is 1. The Labute approximate surface area is 131 Å². The molecular weight excluding hydrogens is 429 g/mol. The van der Waals surface area contributed by atoms with Crippen LogP contribution >= 0.6 is 38.5 Å². The van der Waals surface area contributed by atoms with Crippen LogP contribution < -0.4 is 0 Å². The Bertz CT molecular complexity index is 671. The predicted octanol–water partition coefficient (Wildman–Crippen LogP) is 4.87. The number of ketones is 1. The molecule has 0 radical (unpaired) electrons. The minimum Gasteiger partial charge on any atom is -0.288 e. The van der Waals surface area contributed by atoms with E-state index in [9.17, 15) is 13.6 Å². The topological polar surface area (TPSA) is 17.1 Å². The van der Waals surface area contributed by atoms with E-state index in [0.717, 1.165) is 3.57 Å². The molecular formula is C14H8BrF2IO. The molecule has 2 aromatic carbocycles. The highest BCUT2D eigenvalue weighted by Gasteiger charge is 2.20. The summed E-state index contributed by atoms with van der Waals surface area (Å²) in [7, 11) is 0. The molecule has 0 N–H and O–H groups in total. The molecule has 2 aromatic rings. The van der Waals surface area contributed by atoms with Crippen molar-refractivity contribution < 1.29 is 13.6 Å². The molecule has 0 bridgehead atoms. The number of halogens is 4. The van der Waals surface area contributed by atoms with Crippen LogP contribution in [0.1, 0.15) is 21.5 Å². The third-order valence-electron chi connectivity index (χ3n) is 2.69. The lowest BCUT2D eigenvalue weighted by atomic mass is 10.0. The fraction of sp³-hybridized carbons (Fsp3) is 0.0714. The van der Waals surface area contributed by atoms with Gasteiger partial charge in [0.2, 0.25) is 0 Å². The minimum atomic E-state index is -1.10. The van der Waals surface area contributed by atoms with Gasteiger partial charge in [0.25, 0.3) is 0 Å². The molecule has 0 atom stereocenters.